The molecule has 0 saturated carbocycles. The lowest BCUT2D eigenvalue weighted by Crippen LogP contribution is -2.20. The van der Waals surface area contributed by atoms with Crippen LogP contribution in [0.15, 0.2) is 65.3 Å². The van der Waals surface area contributed by atoms with Crippen LogP contribution in [0.4, 0.5) is 5.69 Å². The van der Waals surface area contributed by atoms with Crippen molar-refractivity contribution >= 4 is 22.7 Å². The average Bonchev–Trinajstić information content (AvgIpc) is 3.13. The molecule has 1 amide bonds. The standard InChI is InChI=1S/C22H19N3O3/c1-14-5-3-7-19(15(14)2)27-13-21(26)24-17-8-9-20-18(11-17)25-22(28-20)16-6-4-10-23-12-16/h3-12H,13H2,1-2H3,(H,24,26). The number of carbonyl (C=O) groups is 1. The first-order valence-electron chi connectivity index (χ1n) is 8.90. The van der Waals surface area contributed by atoms with Crippen LogP contribution in [0.5, 0.6) is 5.75 Å². The Balaban J connectivity index is 1.45. The number of anilines is 1. The highest BCUT2D eigenvalue weighted by molar-refractivity contribution is 5.94. The molecule has 0 spiro atoms. The lowest BCUT2D eigenvalue weighted by Gasteiger charge is -2.11. The molecule has 0 radical (unpaired) electrons. The Morgan fingerprint density at radius 2 is 2.04 bits per heavy atom. The van der Waals surface area contributed by atoms with Crippen LogP contribution >= 0.6 is 0 Å². The number of ether oxygens (including phenoxy) is 1. The van der Waals surface area contributed by atoms with Gasteiger partial charge in [0.05, 0.1) is 5.56 Å². The third kappa shape index (κ3) is 3.71. The van der Waals surface area contributed by atoms with Gasteiger partial charge in [0, 0.05) is 18.1 Å². The van der Waals surface area contributed by atoms with Crippen LogP contribution in [-0.2, 0) is 4.79 Å². The molecule has 0 saturated heterocycles. The van der Waals surface area contributed by atoms with Gasteiger partial charge in [0.1, 0.15) is 11.3 Å². The summed E-state index contributed by atoms with van der Waals surface area (Å²) in [6, 6.07) is 14.8. The molecule has 6 heteroatoms. The summed E-state index contributed by atoms with van der Waals surface area (Å²) in [4.78, 5) is 20.8. The quantitative estimate of drug-likeness (QED) is 0.556. The highest BCUT2D eigenvalue weighted by Gasteiger charge is 2.11. The van der Waals surface area contributed by atoms with Crippen molar-refractivity contribution in [1.29, 1.82) is 0 Å². The first-order chi connectivity index (χ1) is 13.6. The number of carbonyl (C=O) groups excluding carboxylic acids is 1. The zero-order valence-electron chi connectivity index (χ0n) is 15.6. The number of nitrogens with zero attached hydrogens (tertiary/aromatic N) is 2. The van der Waals surface area contributed by atoms with Crippen molar-refractivity contribution in [2.75, 3.05) is 11.9 Å². The third-order valence-electron chi connectivity index (χ3n) is 4.49. The maximum atomic E-state index is 12.3. The molecule has 28 heavy (non-hydrogen) atoms. The van der Waals surface area contributed by atoms with Crippen molar-refractivity contribution in [3.8, 4) is 17.2 Å². The van der Waals surface area contributed by atoms with E-state index in [9.17, 15) is 4.79 Å². The summed E-state index contributed by atoms with van der Waals surface area (Å²) in [7, 11) is 0. The minimum Gasteiger partial charge on any atom is -0.483 e. The number of aromatic nitrogens is 2. The SMILES string of the molecule is Cc1cccc(OCC(=O)Nc2ccc3oc(-c4cccnc4)nc3c2)c1C. The molecule has 140 valence electrons. The minimum atomic E-state index is -0.240. The molecule has 0 fully saturated rings. The van der Waals surface area contributed by atoms with E-state index in [0.717, 1.165) is 16.7 Å². The summed E-state index contributed by atoms with van der Waals surface area (Å²) < 4.78 is 11.4. The van der Waals surface area contributed by atoms with Crippen LogP contribution in [0.1, 0.15) is 11.1 Å². The van der Waals surface area contributed by atoms with Gasteiger partial charge in [0.25, 0.3) is 5.91 Å². The Bertz CT molecular complexity index is 1140. The van der Waals surface area contributed by atoms with E-state index >= 15 is 0 Å². The van der Waals surface area contributed by atoms with Crippen LogP contribution in [0.2, 0.25) is 0 Å². The topological polar surface area (TPSA) is 77.2 Å². The Labute approximate surface area is 162 Å². The van der Waals surface area contributed by atoms with E-state index in [0.29, 0.717) is 28.4 Å². The second-order valence-electron chi connectivity index (χ2n) is 6.48. The molecular weight excluding hydrogens is 354 g/mol. The fraction of sp³-hybridized carbons (Fsp3) is 0.136. The molecular formula is C22H19N3O3. The molecule has 0 aliphatic carbocycles. The Morgan fingerprint density at radius 1 is 1.14 bits per heavy atom. The van der Waals surface area contributed by atoms with Gasteiger partial charge in [0.15, 0.2) is 12.2 Å². The van der Waals surface area contributed by atoms with Crippen molar-refractivity contribution in [2.45, 2.75) is 13.8 Å². The minimum absolute atomic E-state index is 0.0674. The number of fused-ring (bicyclic) bond motifs is 1. The number of nitrogens with one attached hydrogen (secondary N) is 1. The Morgan fingerprint density at radius 3 is 2.86 bits per heavy atom. The number of amides is 1. The van der Waals surface area contributed by atoms with Gasteiger partial charge in [-0.05, 0) is 61.4 Å². The van der Waals surface area contributed by atoms with E-state index in [1.807, 2.05) is 44.2 Å². The van der Waals surface area contributed by atoms with Crippen LogP contribution in [-0.4, -0.2) is 22.5 Å². The van der Waals surface area contributed by atoms with Crippen LogP contribution in [0, 0.1) is 13.8 Å². The lowest BCUT2D eigenvalue weighted by atomic mass is 10.1. The van der Waals surface area contributed by atoms with E-state index in [1.54, 1.807) is 30.6 Å². The monoisotopic (exact) mass is 373 g/mol. The van der Waals surface area contributed by atoms with Gasteiger partial charge in [-0.25, -0.2) is 4.98 Å². The largest absolute Gasteiger partial charge is 0.483 e. The van der Waals surface area contributed by atoms with Crippen LogP contribution in [0.25, 0.3) is 22.6 Å². The number of hydrogen-bond acceptors (Lipinski definition) is 5. The second kappa shape index (κ2) is 7.52. The summed E-state index contributed by atoms with van der Waals surface area (Å²) in [5.41, 5.74) is 4.89. The van der Waals surface area contributed by atoms with E-state index < -0.39 is 0 Å². The molecule has 2 heterocycles. The number of rotatable bonds is 5. The first kappa shape index (κ1) is 17.7. The molecule has 2 aromatic carbocycles. The molecule has 4 rings (SSSR count). The number of hydrogen-bond donors (Lipinski definition) is 1. The lowest BCUT2D eigenvalue weighted by molar-refractivity contribution is -0.118. The second-order valence-corrected chi connectivity index (χ2v) is 6.48. The number of oxazole rings is 1. The summed E-state index contributed by atoms with van der Waals surface area (Å²) >= 11 is 0. The molecule has 0 bridgehead atoms. The molecule has 1 N–H and O–H groups in total. The Hall–Kier alpha value is -3.67. The summed E-state index contributed by atoms with van der Waals surface area (Å²) in [5.74, 6) is 0.962. The molecule has 0 unspecified atom stereocenters. The van der Waals surface area contributed by atoms with Gasteiger partial charge >= 0.3 is 0 Å². The zero-order chi connectivity index (χ0) is 19.5. The van der Waals surface area contributed by atoms with Crippen LogP contribution < -0.4 is 10.1 Å². The highest BCUT2D eigenvalue weighted by atomic mass is 16.5. The summed E-state index contributed by atoms with van der Waals surface area (Å²) in [6.45, 7) is 3.91. The first-order valence-corrected chi connectivity index (χ1v) is 8.90. The van der Waals surface area contributed by atoms with E-state index in [-0.39, 0.29) is 12.5 Å². The van der Waals surface area contributed by atoms with Gasteiger partial charge in [-0.3, -0.25) is 9.78 Å². The predicted molar refractivity (Wildman–Crippen MR) is 107 cm³/mol. The highest BCUT2D eigenvalue weighted by Crippen LogP contribution is 2.26. The third-order valence-corrected chi connectivity index (χ3v) is 4.49. The number of pyridine rings is 1. The fourth-order valence-corrected chi connectivity index (χ4v) is 2.84. The van der Waals surface area contributed by atoms with Crippen molar-refractivity contribution in [3.63, 3.8) is 0 Å². The van der Waals surface area contributed by atoms with Crippen molar-refractivity contribution < 1.29 is 13.9 Å². The number of benzene rings is 2. The smallest absolute Gasteiger partial charge is 0.262 e. The van der Waals surface area contributed by atoms with Crippen molar-refractivity contribution in [2.24, 2.45) is 0 Å². The average molecular weight is 373 g/mol. The van der Waals surface area contributed by atoms with Gasteiger partial charge in [-0.1, -0.05) is 12.1 Å². The Kier molecular flexibility index (Phi) is 4.76. The number of aryl methyl sites for hydroxylation is 1. The van der Waals surface area contributed by atoms with Gasteiger partial charge < -0.3 is 14.5 Å². The fourth-order valence-electron chi connectivity index (χ4n) is 2.84. The normalized spacial score (nSPS) is 10.8. The van der Waals surface area contributed by atoms with E-state index in [2.05, 4.69) is 15.3 Å². The van der Waals surface area contributed by atoms with E-state index in [4.69, 9.17) is 9.15 Å². The molecule has 0 aliphatic rings. The molecule has 4 aromatic rings. The van der Waals surface area contributed by atoms with Crippen molar-refractivity contribution in [3.05, 3.63) is 72.1 Å². The molecule has 6 nitrogen and oxygen atoms in total. The van der Waals surface area contributed by atoms with Gasteiger partial charge in [0.2, 0.25) is 5.89 Å². The maximum Gasteiger partial charge on any atom is 0.262 e. The molecule has 0 atom stereocenters. The van der Waals surface area contributed by atoms with Gasteiger partial charge in [-0.15, -0.1) is 0 Å². The maximum absolute atomic E-state index is 12.3. The zero-order valence-corrected chi connectivity index (χ0v) is 15.6. The molecule has 0 aliphatic heterocycles. The van der Waals surface area contributed by atoms with Crippen LogP contribution in [0.3, 0.4) is 0 Å². The summed E-state index contributed by atoms with van der Waals surface area (Å²) in [5, 5.41) is 2.83. The molecule has 2 aromatic heterocycles. The summed E-state index contributed by atoms with van der Waals surface area (Å²) in [6.07, 6.45) is 3.39. The predicted octanol–water partition coefficient (Wildman–Crippen LogP) is 4.52. The van der Waals surface area contributed by atoms with Gasteiger partial charge in [-0.2, -0.15) is 0 Å². The van der Waals surface area contributed by atoms with E-state index in [1.165, 1.54) is 0 Å². The van der Waals surface area contributed by atoms with Crippen molar-refractivity contribution in [1.82, 2.24) is 9.97 Å².